The van der Waals surface area contributed by atoms with E-state index in [0.29, 0.717) is 18.4 Å². The quantitative estimate of drug-likeness (QED) is 0.793. The van der Waals surface area contributed by atoms with E-state index < -0.39 is 18.5 Å². The molecule has 0 spiro atoms. The molecule has 2 unspecified atom stereocenters. The molecule has 4 atom stereocenters. The predicted molar refractivity (Wildman–Crippen MR) is 80.7 cm³/mol. The molecule has 0 bridgehead atoms. The van der Waals surface area contributed by atoms with Crippen LogP contribution in [0, 0.1) is 11.8 Å². The second-order valence-corrected chi connectivity index (χ2v) is 6.77. The molecule has 2 amide bonds. The van der Waals surface area contributed by atoms with E-state index in [1.807, 2.05) is 0 Å². The van der Waals surface area contributed by atoms with Gasteiger partial charge in [0, 0.05) is 36.7 Å². The third-order valence-corrected chi connectivity index (χ3v) is 4.87. The smallest absolute Gasteiger partial charge is 0.422 e. The van der Waals surface area contributed by atoms with Gasteiger partial charge in [-0.25, -0.2) is 14.2 Å². The molecule has 9 heteroatoms. The highest BCUT2D eigenvalue weighted by atomic mass is 19.4. The molecule has 1 heterocycles. The maximum absolute atomic E-state index is 13.7. The van der Waals surface area contributed by atoms with Gasteiger partial charge in [-0.3, -0.25) is 0 Å². The molecule has 25 heavy (non-hydrogen) atoms. The maximum Gasteiger partial charge on any atom is 0.422 e. The molecular weight excluding hydrogens is 342 g/mol. The molecule has 2 aliphatic carbocycles. The number of amides is 2. The van der Waals surface area contributed by atoms with E-state index in [9.17, 15) is 22.4 Å². The van der Waals surface area contributed by atoms with Gasteiger partial charge >= 0.3 is 12.2 Å². The van der Waals surface area contributed by atoms with Gasteiger partial charge in [0.25, 0.3) is 0 Å². The Balaban J connectivity index is 1.42. The van der Waals surface area contributed by atoms with Crippen LogP contribution in [-0.2, 0) is 6.54 Å². The number of fused-ring (bicyclic) bond motifs is 1. The summed E-state index contributed by atoms with van der Waals surface area (Å²) >= 11 is 0. The average molecular weight is 361 g/mol. The zero-order valence-electron chi connectivity index (χ0n) is 13.6. The van der Waals surface area contributed by atoms with E-state index in [4.69, 9.17) is 0 Å². The van der Waals surface area contributed by atoms with Crippen LogP contribution in [0.25, 0.3) is 0 Å². The first-order chi connectivity index (χ1) is 11.6. The second-order valence-electron chi connectivity index (χ2n) is 6.77. The maximum atomic E-state index is 13.7. The van der Waals surface area contributed by atoms with Crippen LogP contribution < -0.4 is 15.4 Å². The zero-order chi connectivity index (χ0) is 18.2. The van der Waals surface area contributed by atoms with Crippen molar-refractivity contribution in [2.75, 3.05) is 6.61 Å². The number of carbonyl (C=O) groups excluding carboxylic acids is 1. The molecule has 1 aromatic rings. The lowest BCUT2D eigenvalue weighted by Crippen LogP contribution is -2.41. The molecule has 3 rings (SSSR count). The predicted octanol–water partition coefficient (Wildman–Crippen LogP) is 2.96. The number of aromatic nitrogens is 1. The van der Waals surface area contributed by atoms with Crippen LogP contribution in [0.15, 0.2) is 18.3 Å². The van der Waals surface area contributed by atoms with Crippen LogP contribution in [0.5, 0.6) is 5.88 Å². The molecule has 2 saturated carbocycles. The highest BCUT2D eigenvalue weighted by Gasteiger charge is 2.66. The van der Waals surface area contributed by atoms with Crippen molar-refractivity contribution < 1.29 is 27.1 Å². The van der Waals surface area contributed by atoms with E-state index in [1.54, 1.807) is 13.0 Å². The number of nitrogens with one attached hydrogen (secondary N) is 2. The molecule has 0 saturated heterocycles. The van der Waals surface area contributed by atoms with Crippen molar-refractivity contribution in [1.82, 2.24) is 15.6 Å². The minimum atomic E-state index is -4.44. The summed E-state index contributed by atoms with van der Waals surface area (Å²) in [5.41, 5.74) is -0.522. The van der Waals surface area contributed by atoms with Crippen molar-refractivity contribution in [2.24, 2.45) is 11.8 Å². The number of ether oxygens (including phenoxy) is 1. The highest BCUT2D eigenvalue weighted by Crippen LogP contribution is 2.62. The number of hydrogen-bond donors (Lipinski definition) is 2. The van der Waals surface area contributed by atoms with Gasteiger partial charge in [-0.05, 0) is 31.4 Å². The number of rotatable bonds is 5. The van der Waals surface area contributed by atoms with E-state index in [-0.39, 0.29) is 36.3 Å². The molecule has 138 valence electrons. The fourth-order valence-corrected chi connectivity index (χ4v) is 3.49. The fraction of sp³-hybridized carbons (Fsp3) is 0.625. The van der Waals surface area contributed by atoms with Gasteiger partial charge in [0.05, 0.1) is 0 Å². The first-order valence-electron chi connectivity index (χ1n) is 8.03. The van der Waals surface area contributed by atoms with Gasteiger partial charge < -0.3 is 15.4 Å². The van der Waals surface area contributed by atoms with Gasteiger partial charge in [0.15, 0.2) is 6.61 Å². The minimum Gasteiger partial charge on any atom is -0.468 e. The molecular formula is C16H19F4N3O2. The van der Waals surface area contributed by atoms with Crippen LogP contribution in [0.1, 0.15) is 25.3 Å². The largest absolute Gasteiger partial charge is 0.468 e. The summed E-state index contributed by atoms with van der Waals surface area (Å²) in [6.07, 6.45) is -1.85. The van der Waals surface area contributed by atoms with Gasteiger partial charge in [-0.1, -0.05) is 0 Å². The normalized spacial score (nSPS) is 30.5. The summed E-state index contributed by atoms with van der Waals surface area (Å²) in [7, 11) is 0. The number of urea groups is 1. The topological polar surface area (TPSA) is 63.2 Å². The number of carbonyl (C=O) groups is 1. The molecule has 0 aromatic carbocycles. The molecule has 5 nitrogen and oxygen atoms in total. The molecule has 2 N–H and O–H groups in total. The van der Waals surface area contributed by atoms with E-state index in [1.165, 1.54) is 12.3 Å². The van der Waals surface area contributed by atoms with Gasteiger partial charge in [-0.15, -0.1) is 0 Å². The number of pyridine rings is 1. The molecule has 1 aromatic heterocycles. The summed E-state index contributed by atoms with van der Waals surface area (Å²) in [5, 5.41) is 5.42. The minimum absolute atomic E-state index is 0.0336. The highest BCUT2D eigenvalue weighted by molar-refractivity contribution is 5.74. The molecule has 0 radical (unpaired) electrons. The molecule has 0 aliphatic heterocycles. The van der Waals surface area contributed by atoms with E-state index in [2.05, 4.69) is 20.4 Å². The molecule has 2 fully saturated rings. The van der Waals surface area contributed by atoms with Crippen LogP contribution in [0.2, 0.25) is 0 Å². The fourth-order valence-electron chi connectivity index (χ4n) is 3.49. The van der Waals surface area contributed by atoms with E-state index >= 15 is 0 Å². The Labute approximate surface area is 142 Å². The average Bonchev–Trinajstić information content (AvgIpc) is 2.88. The van der Waals surface area contributed by atoms with Gasteiger partial charge in [0.2, 0.25) is 5.88 Å². The standard InChI is InChI=1S/C16H19F4N3O2/c1-15(17)11-5-10(6-12(11)15)23-14(24)22-7-9-2-3-21-13(4-9)25-8-16(18,19)20/h2-4,10-12H,5-8H2,1H3,(H2,22,23,24)/t10?,11-,12+,15?. The Bertz CT molecular complexity index is 637. The van der Waals surface area contributed by atoms with Crippen LogP contribution >= 0.6 is 0 Å². The summed E-state index contributed by atoms with van der Waals surface area (Å²) in [6, 6.07) is 2.48. The van der Waals surface area contributed by atoms with Gasteiger partial charge in [-0.2, -0.15) is 13.2 Å². The van der Waals surface area contributed by atoms with Crippen molar-refractivity contribution in [3.8, 4) is 5.88 Å². The van der Waals surface area contributed by atoms with Crippen LogP contribution in [0.4, 0.5) is 22.4 Å². The van der Waals surface area contributed by atoms with Gasteiger partial charge in [0.1, 0.15) is 5.67 Å². The SMILES string of the molecule is CC1(F)[C@@H]2CC(NC(=O)NCc3ccnc(OCC(F)(F)F)c3)C[C@@H]21. The van der Waals surface area contributed by atoms with Crippen molar-refractivity contribution >= 4 is 6.03 Å². The summed E-state index contributed by atoms with van der Waals surface area (Å²) in [5.74, 6) is -0.0900. The number of nitrogens with zero attached hydrogens (tertiary/aromatic N) is 1. The third-order valence-electron chi connectivity index (χ3n) is 4.87. The van der Waals surface area contributed by atoms with Crippen molar-refractivity contribution in [2.45, 2.75) is 44.2 Å². The Hall–Kier alpha value is -2.06. The Morgan fingerprint density at radius 1 is 1.40 bits per heavy atom. The number of halogens is 4. The van der Waals surface area contributed by atoms with Crippen LogP contribution in [0.3, 0.4) is 0 Å². The van der Waals surface area contributed by atoms with Crippen LogP contribution in [-0.4, -0.2) is 35.5 Å². The van der Waals surface area contributed by atoms with E-state index in [0.717, 1.165) is 0 Å². The Morgan fingerprint density at radius 3 is 2.72 bits per heavy atom. The Morgan fingerprint density at radius 2 is 2.08 bits per heavy atom. The first-order valence-corrected chi connectivity index (χ1v) is 8.03. The number of alkyl halides is 4. The summed E-state index contributed by atoms with van der Waals surface area (Å²) < 4.78 is 54.7. The summed E-state index contributed by atoms with van der Waals surface area (Å²) in [6.45, 7) is 0.298. The lowest BCUT2D eigenvalue weighted by Gasteiger charge is -2.17. The van der Waals surface area contributed by atoms with Crippen molar-refractivity contribution in [3.05, 3.63) is 23.9 Å². The van der Waals surface area contributed by atoms with Crippen molar-refractivity contribution in [3.63, 3.8) is 0 Å². The molecule has 2 aliphatic rings. The first kappa shape index (κ1) is 17.8. The Kier molecular flexibility index (Phi) is 4.51. The van der Waals surface area contributed by atoms with Crippen molar-refractivity contribution in [1.29, 1.82) is 0 Å². The second kappa shape index (κ2) is 6.34. The lowest BCUT2D eigenvalue weighted by atomic mass is 10.1. The monoisotopic (exact) mass is 361 g/mol. The number of hydrogen-bond acceptors (Lipinski definition) is 3. The lowest BCUT2D eigenvalue weighted by molar-refractivity contribution is -0.154. The zero-order valence-corrected chi connectivity index (χ0v) is 13.6. The summed E-state index contributed by atoms with van der Waals surface area (Å²) in [4.78, 5) is 15.6. The third kappa shape index (κ3) is 4.32.